The third-order valence-corrected chi connectivity index (χ3v) is 4.34. The molecule has 0 atom stereocenters. The highest BCUT2D eigenvalue weighted by Crippen LogP contribution is 2.35. The molecule has 0 aliphatic heterocycles. The minimum absolute atomic E-state index is 0.0161. The maximum Gasteiger partial charge on any atom is 0.273 e. The lowest BCUT2D eigenvalue weighted by Gasteiger charge is -2.32. The molecular weight excluding hydrogens is 304 g/mol. The monoisotopic (exact) mass is 322 g/mol. The molecule has 24 heavy (non-hydrogen) atoms. The van der Waals surface area contributed by atoms with Crippen molar-refractivity contribution >= 4 is 5.78 Å². The summed E-state index contributed by atoms with van der Waals surface area (Å²) in [7, 11) is 1.57. The van der Waals surface area contributed by atoms with Gasteiger partial charge in [0.2, 0.25) is 0 Å². The average Bonchev–Trinajstić information content (AvgIpc) is 2.54. The lowest BCUT2D eigenvalue weighted by molar-refractivity contribution is 0.0909. The molecule has 5 nitrogen and oxygen atoms in total. The van der Waals surface area contributed by atoms with Crippen LogP contribution in [0.15, 0.2) is 35.1 Å². The molecule has 0 bridgehead atoms. The highest BCUT2D eigenvalue weighted by Gasteiger charge is 2.34. The van der Waals surface area contributed by atoms with Crippen LogP contribution in [0.3, 0.4) is 0 Å². The number of carbonyl (C=O) groups excluding carboxylic acids is 1. The van der Waals surface area contributed by atoms with E-state index in [9.17, 15) is 14.9 Å². The van der Waals surface area contributed by atoms with Crippen molar-refractivity contribution in [3.63, 3.8) is 0 Å². The van der Waals surface area contributed by atoms with Gasteiger partial charge in [-0.1, -0.05) is 13.8 Å². The Balaban J connectivity index is 2.31. The lowest BCUT2D eigenvalue weighted by Crippen LogP contribution is -2.35. The van der Waals surface area contributed by atoms with Crippen molar-refractivity contribution in [1.82, 2.24) is 4.57 Å². The van der Waals surface area contributed by atoms with Crippen LogP contribution < -0.4 is 10.3 Å². The Morgan fingerprint density at radius 2 is 1.83 bits per heavy atom. The summed E-state index contributed by atoms with van der Waals surface area (Å²) >= 11 is 0. The third-order valence-electron chi connectivity index (χ3n) is 4.34. The molecule has 1 aromatic heterocycles. The van der Waals surface area contributed by atoms with Gasteiger partial charge >= 0.3 is 0 Å². The number of nitriles is 1. The number of carbonyl (C=O) groups is 1. The summed E-state index contributed by atoms with van der Waals surface area (Å²) in [6, 6.07) is 10.4. The van der Waals surface area contributed by atoms with Gasteiger partial charge in [0.25, 0.3) is 5.56 Å². The second-order valence-corrected chi connectivity index (χ2v) is 6.81. The Morgan fingerprint density at radius 1 is 1.17 bits per heavy atom. The van der Waals surface area contributed by atoms with Gasteiger partial charge in [0.1, 0.15) is 17.4 Å². The summed E-state index contributed by atoms with van der Waals surface area (Å²) < 4.78 is 6.64. The summed E-state index contributed by atoms with van der Waals surface area (Å²) in [5.74, 6) is 0.647. The van der Waals surface area contributed by atoms with Crippen molar-refractivity contribution < 1.29 is 9.53 Å². The predicted molar refractivity (Wildman–Crippen MR) is 89.7 cm³/mol. The summed E-state index contributed by atoms with van der Waals surface area (Å²) in [5.41, 5.74) is 1.13. The minimum atomic E-state index is -0.396. The smallest absolute Gasteiger partial charge is 0.273 e. The lowest BCUT2D eigenvalue weighted by atomic mass is 9.75. The number of pyridine rings is 1. The molecule has 0 fully saturated rings. The number of rotatable bonds is 2. The van der Waals surface area contributed by atoms with Crippen LogP contribution >= 0.6 is 0 Å². The number of aromatic nitrogens is 1. The molecule has 0 unspecified atom stereocenters. The van der Waals surface area contributed by atoms with Crippen LogP contribution in [0.1, 0.15) is 41.9 Å². The molecule has 0 radical (unpaired) electrons. The maximum atomic E-state index is 12.7. The fourth-order valence-corrected chi connectivity index (χ4v) is 3.20. The van der Waals surface area contributed by atoms with Gasteiger partial charge in [0.15, 0.2) is 5.78 Å². The van der Waals surface area contributed by atoms with Crippen molar-refractivity contribution in [1.29, 1.82) is 5.26 Å². The van der Waals surface area contributed by atoms with Gasteiger partial charge in [-0.15, -0.1) is 0 Å². The standard InChI is InChI=1S/C19H18N2O3/c1-19(2)9-16-15(17(22)10-19)8-12(11-20)18(23)21(16)13-4-6-14(24-3)7-5-13/h4-8H,9-10H2,1-3H3. The van der Waals surface area contributed by atoms with Gasteiger partial charge in [-0.05, 0) is 42.2 Å². The van der Waals surface area contributed by atoms with Gasteiger partial charge in [-0.2, -0.15) is 5.26 Å². The Labute approximate surface area is 140 Å². The zero-order chi connectivity index (χ0) is 17.5. The number of hydrogen-bond donors (Lipinski definition) is 0. The van der Waals surface area contributed by atoms with E-state index in [1.807, 2.05) is 19.9 Å². The van der Waals surface area contributed by atoms with E-state index in [4.69, 9.17) is 4.74 Å². The highest BCUT2D eigenvalue weighted by molar-refractivity contribution is 5.99. The van der Waals surface area contributed by atoms with Crippen LogP contribution in [0.25, 0.3) is 5.69 Å². The number of Topliss-reactive ketones (excluding diaryl/α,β-unsaturated/α-hetero) is 1. The molecule has 0 spiro atoms. The van der Waals surface area contributed by atoms with Crippen LogP contribution in [0.2, 0.25) is 0 Å². The fraction of sp³-hybridized carbons (Fsp3) is 0.316. The van der Waals surface area contributed by atoms with E-state index < -0.39 is 5.56 Å². The molecule has 3 rings (SSSR count). The molecule has 1 heterocycles. The van der Waals surface area contributed by atoms with Crippen LogP contribution in [-0.4, -0.2) is 17.5 Å². The molecule has 0 saturated heterocycles. The van der Waals surface area contributed by atoms with Gasteiger partial charge in [-0.25, -0.2) is 0 Å². The number of nitrogens with zero attached hydrogens (tertiary/aromatic N) is 2. The Bertz CT molecular complexity index is 915. The van der Waals surface area contributed by atoms with Crippen LogP contribution in [0.4, 0.5) is 0 Å². The number of ketones is 1. The number of fused-ring (bicyclic) bond motifs is 1. The maximum absolute atomic E-state index is 12.7. The molecule has 5 heteroatoms. The number of hydrogen-bond acceptors (Lipinski definition) is 4. The van der Waals surface area contributed by atoms with E-state index in [-0.39, 0.29) is 16.8 Å². The first-order valence-electron chi connectivity index (χ1n) is 7.73. The molecule has 0 N–H and O–H groups in total. The second kappa shape index (κ2) is 5.64. The van der Waals surface area contributed by atoms with Crippen LogP contribution in [-0.2, 0) is 6.42 Å². The first-order valence-corrected chi connectivity index (χ1v) is 7.73. The van der Waals surface area contributed by atoms with E-state index >= 15 is 0 Å². The van der Waals surface area contributed by atoms with Crippen molar-refractivity contribution in [2.45, 2.75) is 26.7 Å². The van der Waals surface area contributed by atoms with Crippen LogP contribution in [0, 0.1) is 16.7 Å². The Hall–Kier alpha value is -2.87. The molecule has 0 saturated carbocycles. The number of methoxy groups -OCH3 is 1. The first-order chi connectivity index (χ1) is 11.4. The summed E-state index contributed by atoms with van der Waals surface area (Å²) in [5, 5.41) is 9.27. The average molecular weight is 322 g/mol. The predicted octanol–water partition coefficient (Wildman–Crippen LogP) is 2.87. The Kier molecular flexibility index (Phi) is 3.76. The zero-order valence-corrected chi connectivity index (χ0v) is 13.9. The van der Waals surface area contributed by atoms with Gasteiger partial charge in [-0.3, -0.25) is 14.2 Å². The minimum Gasteiger partial charge on any atom is -0.497 e. The van der Waals surface area contributed by atoms with Crippen molar-refractivity contribution in [3.8, 4) is 17.5 Å². The van der Waals surface area contributed by atoms with Crippen LogP contribution in [0.5, 0.6) is 5.75 Å². The molecule has 1 aliphatic rings. The van der Waals surface area contributed by atoms with Gasteiger partial charge in [0.05, 0.1) is 7.11 Å². The molecule has 1 aromatic carbocycles. The molecule has 0 amide bonds. The first kappa shape index (κ1) is 16.0. The number of ether oxygens (including phenoxy) is 1. The third kappa shape index (κ3) is 2.61. The Morgan fingerprint density at radius 3 is 2.42 bits per heavy atom. The molecular formula is C19H18N2O3. The van der Waals surface area contributed by atoms with Gasteiger partial charge in [0, 0.05) is 23.4 Å². The van der Waals surface area contributed by atoms with Gasteiger partial charge < -0.3 is 4.74 Å². The molecule has 2 aromatic rings. The van der Waals surface area contributed by atoms with Crippen molar-refractivity contribution in [2.75, 3.05) is 7.11 Å². The van der Waals surface area contributed by atoms with E-state index in [1.54, 1.807) is 31.4 Å². The second-order valence-electron chi connectivity index (χ2n) is 6.81. The largest absolute Gasteiger partial charge is 0.497 e. The SMILES string of the molecule is COc1ccc(-n2c3c(cc(C#N)c2=O)C(=O)CC(C)(C)C3)cc1. The highest BCUT2D eigenvalue weighted by atomic mass is 16.5. The van der Waals surface area contributed by atoms with E-state index in [2.05, 4.69) is 0 Å². The van der Waals surface area contributed by atoms with E-state index in [0.717, 1.165) is 0 Å². The van der Waals surface area contributed by atoms with Crippen molar-refractivity contribution in [3.05, 3.63) is 57.5 Å². The quantitative estimate of drug-likeness (QED) is 0.852. The zero-order valence-electron chi connectivity index (χ0n) is 13.9. The fourth-order valence-electron chi connectivity index (χ4n) is 3.20. The summed E-state index contributed by atoms with van der Waals surface area (Å²) in [6.45, 7) is 4.02. The summed E-state index contributed by atoms with van der Waals surface area (Å²) in [6.07, 6.45) is 1.01. The van der Waals surface area contributed by atoms with E-state index in [0.29, 0.717) is 35.5 Å². The van der Waals surface area contributed by atoms with Crippen molar-refractivity contribution in [2.24, 2.45) is 5.41 Å². The normalized spacial score (nSPS) is 15.5. The van der Waals surface area contributed by atoms with E-state index in [1.165, 1.54) is 10.6 Å². The number of benzene rings is 1. The molecule has 122 valence electrons. The molecule has 1 aliphatic carbocycles. The topological polar surface area (TPSA) is 72.1 Å². The summed E-state index contributed by atoms with van der Waals surface area (Å²) in [4.78, 5) is 25.3.